The summed E-state index contributed by atoms with van der Waals surface area (Å²) in [6.45, 7) is 2.30. The Bertz CT molecular complexity index is 593. The molecule has 0 unspecified atom stereocenters. The van der Waals surface area contributed by atoms with Crippen molar-refractivity contribution in [3.8, 4) is 5.75 Å². The Hall–Kier alpha value is -2.33. The Morgan fingerprint density at radius 2 is 1.86 bits per heavy atom. The van der Waals surface area contributed by atoms with Gasteiger partial charge in [0.1, 0.15) is 17.9 Å². The fourth-order valence-electron chi connectivity index (χ4n) is 1.90. The zero-order chi connectivity index (χ0) is 15.1. The zero-order valence-corrected chi connectivity index (χ0v) is 11.9. The molecule has 110 valence electrons. The highest BCUT2D eigenvalue weighted by Gasteiger charge is 2.14. The molecule has 0 aliphatic rings. The first-order valence-electron chi connectivity index (χ1n) is 6.82. The van der Waals surface area contributed by atoms with Gasteiger partial charge >= 0.3 is 5.97 Å². The molecule has 1 N–H and O–H groups in total. The van der Waals surface area contributed by atoms with Gasteiger partial charge in [0.15, 0.2) is 0 Å². The molecule has 21 heavy (non-hydrogen) atoms. The summed E-state index contributed by atoms with van der Waals surface area (Å²) in [6.07, 6.45) is 0. The van der Waals surface area contributed by atoms with Crippen molar-refractivity contribution >= 4 is 5.97 Å². The standard InChI is InChI=1S/C17H18O4/c1-2-20-17(19)15-9-8-14(11-18)10-16(15)21-12-13-6-4-3-5-7-13/h3-10,18H,2,11-12H2,1H3. The van der Waals surface area contributed by atoms with Gasteiger partial charge in [-0.05, 0) is 30.2 Å². The first kappa shape index (κ1) is 15.1. The minimum Gasteiger partial charge on any atom is -0.488 e. The molecule has 0 heterocycles. The third kappa shape index (κ3) is 4.07. The zero-order valence-electron chi connectivity index (χ0n) is 11.9. The summed E-state index contributed by atoms with van der Waals surface area (Å²) in [7, 11) is 0. The van der Waals surface area contributed by atoms with Crippen molar-refractivity contribution in [2.24, 2.45) is 0 Å². The molecular formula is C17H18O4. The largest absolute Gasteiger partial charge is 0.488 e. The molecule has 0 aliphatic carbocycles. The van der Waals surface area contributed by atoms with Crippen LogP contribution in [0.3, 0.4) is 0 Å². The maximum Gasteiger partial charge on any atom is 0.341 e. The fourth-order valence-corrected chi connectivity index (χ4v) is 1.90. The van der Waals surface area contributed by atoms with Gasteiger partial charge in [-0.3, -0.25) is 0 Å². The molecule has 0 saturated heterocycles. The Kier molecular flexibility index (Phi) is 5.35. The molecule has 4 nitrogen and oxygen atoms in total. The first-order valence-corrected chi connectivity index (χ1v) is 6.82. The highest BCUT2D eigenvalue weighted by Crippen LogP contribution is 2.23. The minimum absolute atomic E-state index is 0.106. The van der Waals surface area contributed by atoms with Crippen LogP contribution in [-0.4, -0.2) is 17.7 Å². The summed E-state index contributed by atoms with van der Waals surface area (Å²) in [4.78, 5) is 11.9. The highest BCUT2D eigenvalue weighted by atomic mass is 16.5. The van der Waals surface area contributed by atoms with Crippen LogP contribution < -0.4 is 4.74 Å². The van der Waals surface area contributed by atoms with Crippen LogP contribution in [0.1, 0.15) is 28.4 Å². The van der Waals surface area contributed by atoms with E-state index in [0.717, 1.165) is 5.56 Å². The maximum absolute atomic E-state index is 11.9. The van der Waals surface area contributed by atoms with Crippen molar-refractivity contribution in [2.75, 3.05) is 6.61 Å². The number of carbonyl (C=O) groups excluding carboxylic acids is 1. The number of benzene rings is 2. The predicted octanol–water partition coefficient (Wildman–Crippen LogP) is 2.93. The van der Waals surface area contributed by atoms with Crippen LogP contribution in [0.2, 0.25) is 0 Å². The monoisotopic (exact) mass is 286 g/mol. The average Bonchev–Trinajstić information content (AvgIpc) is 2.53. The van der Waals surface area contributed by atoms with E-state index in [1.54, 1.807) is 25.1 Å². The molecule has 0 spiro atoms. The number of hydrogen-bond acceptors (Lipinski definition) is 4. The molecule has 0 atom stereocenters. The lowest BCUT2D eigenvalue weighted by Gasteiger charge is -2.12. The summed E-state index contributed by atoms with van der Waals surface area (Å²) in [5, 5.41) is 9.21. The van der Waals surface area contributed by atoms with Crippen molar-refractivity contribution in [1.29, 1.82) is 0 Å². The van der Waals surface area contributed by atoms with Gasteiger partial charge in [0.05, 0.1) is 13.2 Å². The molecule has 2 rings (SSSR count). The van der Waals surface area contributed by atoms with Gasteiger partial charge in [-0.1, -0.05) is 36.4 Å². The van der Waals surface area contributed by atoms with Crippen LogP contribution in [0, 0.1) is 0 Å². The number of esters is 1. The third-order valence-electron chi connectivity index (χ3n) is 2.96. The number of ether oxygens (including phenoxy) is 2. The lowest BCUT2D eigenvalue weighted by Crippen LogP contribution is -2.08. The Labute approximate surface area is 123 Å². The fraction of sp³-hybridized carbons (Fsp3) is 0.235. The number of aliphatic hydroxyl groups excluding tert-OH is 1. The molecule has 0 radical (unpaired) electrons. The van der Waals surface area contributed by atoms with Gasteiger partial charge < -0.3 is 14.6 Å². The van der Waals surface area contributed by atoms with Crippen LogP contribution in [0.25, 0.3) is 0 Å². The van der Waals surface area contributed by atoms with E-state index in [4.69, 9.17) is 9.47 Å². The van der Waals surface area contributed by atoms with Gasteiger partial charge in [-0.2, -0.15) is 0 Å². The average molecular weight is 286 g/mol. The van der Waals surface area contributed by atoms with E-state index in [0.29, 0.717) is 30.1 Å². The van der Waals surface area contributed by atoms with Crippen LogP contribution >= 0.6 is 0 Å². The SMILES string of the molecule is CCOC(=O)c1ccc(CO)cc1OCc1ccccc1. The number of aliphatic hydroxyl groups is 1. The summed E-state index contributed by atoms with van der Waals surface area (Å²) >= 11 is 0. The van der Waals surface area contributed by atoms with Crippen molar-refractivity contribution in [3.05, 3.63) is 65.2 Å². The maximum atomic E-state index is 11.9. The molecule has 0 amide bonds. The van der Waals surface area contributed by atoms with Crippen LogP contribution in [-0.2, 0) is 18.0 Å². The molecular weight excluding hydrogens is 268 g/mol. The molecule has 0 saturated carbocycles. The van der Waals surface area contributed by atoms with E-state index in [1.165, 1.54) is 0 Å². The molecule has 0 fully saturated rings. The van der Waals surface area contributed by atoms with Crippen molar-refractivity contribution in [3.63, 3.8) is 0 Å². The van der Waals surface area contributed by atoms with Crippen molar-refractivity contribution in [1.82, 2.24) is 0 Å². The van der Waals surface area contributed by atoms with Gasteiger partial charge in [-0.25, -0.2) is 4.79 Å². The second-order valence-corrected chi connectivity index (χ2v) is 4.48. The van der Waals surface area contributed by atoms with E-state index in [2.05, 4.69) is 0 Å². The van der Waals surface area contributed by atoms with E-state index in [1.807, 2.05) is 30.3 Å². The lowest BCUT2D eigenvalue weighted by molar-refractivity contribution is 0.0521. The summed E-state index contributed by atoms with van der Waals surface area (Å²) < 4.78 is 10.7. The number of hydrogen-bond donors (Lipinski definition) is 1. The smallest absolute Gasteiger partial charge is 0.341 e. The number of rotatable bonds is 6. The molecule has 2 aromatic rings. The summed E-state index contributed by atoms with van der Waals surface area (Å²) in [6, 6.07) is 14.6. The minimum atomic E-state index is -0.426. The van der Waals surface area contributed by atoms with E-state index in [-0.39, 0.29) is 6.61 Å². The van der Waals surface area contributed by atoms with Gasteiger partial charge in [0, 0.05) is 0 Å². The highest BCUT2D eigenvalue weighted by molar-refractivity contribution is 5.92. The van der Waals surface area contributed by atoms with Crippen LogP contribution in [0.15, 0.2) is 48.5 Å². The van der Waals surface area contributed by atoms with E-state index < -0.39 is 5.97 Å². The van der Waals surface area contributed by atoms with Crippen LogP contribution in [0.4, 0.5) is 0 Å². The Morgan fingerprint density at radius 1 is 1.10 bits per heavy atom. The molecule has 0 bridgehead atoms. The summed E-state index contributed by atoms with van der Waals surface area (Å²) in [5.74, 6) is -0.00564. The molecule has 4 heteroatoms. The summed E-state index contributed by atoms with van der Waals surface area (Å²) in [5.41, 5.74) is 2.05. The second-order valence-electron chi connectivity index (χ2n) is 4.48. The predicted molar refractivity (Wildman–Crippen MR) is 79.1 cm³/mol. The van der Waals surface area contributed by atoms with Gasteiger partial charge in [0.25, 0.3) is 0 Å². The molecule has 2 aromatic carbocycles. The van der Waals surface area contributed by atoms with Gasteiger partial charge in [-0.15, -0.1) is 0 Å². The third-order valence-corrected chi connectivity index (χ3v) is 2.96. The Balaban J connectivity index is 2.20. The molecule has 0 aromatic heterocycles. The van der Waals surface area contributed by atoms with E-state index >= 15 is 0 Å². The van der Waals surface area contributed by atoms with Gasteiger partial charge in [0.2, 0.25) is 0 Å². The van der Waals surface area contributed by atoms with Crippen molar-refractivity contribution in [2.45, 2.75) is 20.1 Å². The lowest BCUT2D eigenvalue weighted by atomic mass is 10.1. The molecule has 0 aliphatic heterocycles. The second kappa shape index (κ2) is 7.45. The normalized spacial score (nSPS) is 10.2. The first-order chi connectivity index (χ1) is 10.2. The quantitative estimate of drug-likeness (QED) is 0.830. The van der Waals surface area contributed by atoms with Crippen molar-refractivity contribution < 1.29 is 19.4 Å². The number of carbonyl (C=O) groups is 1. The topological polar surface area (TPSA) is 55.8 Å². The Morgan fingerprint density at radius 3 is 2.52 bits per heavy atom. The van der Waals surface area contributed by atoms with E-state index in [9.17, 15) is 9.90 Å². The van der Waals surface area contributed by atoms with Crippen LogP contribution in [0.5, 0.6) is 5.75 Å².